The topological polar surface area (TPSA) is 105 Å². The number of nitrogens with zero attached hydrogens (tertiary/aromatic N) is 1. The number of rotatable bonds is 5. The molecule has 1 atom stereocenters. The van der Waals surface area contributed by atoms with Gasteiger partial charge in [-0.2, -0.15) is 5.26 Å². The number of hydrogen-bond acceptors (Lipinski definition) is 6. The third-order valence-corrected chi connectivity index (χ3v) is 5.19. The number of hydrogen-bond donors (Lipinski definition) is 1. The first-order chi connectivity index (χ1) is 15.4. The Bertz CT molecular complexity index is 1410. The van der Waals surface area contributed by atoms with Gasteiger partial charge in [-0.25, -0.2) is 0 Å². The highest BCUT2D eigenvalue weighted by atomic mass is 16.5. The number of nitriles is 1. The standard InChI is InChI=1S/C25H20N2O5/c1-14-15(2)31-25(19(14)13-26)27-24(29)16(3)30-23-21(28)18-11-7-8-12-20(18)32-22(23)17-9-5-4-6-10-17/h4-12,16H,1-3H3,(H,27,29). The van der Waals surface area contributed by atoms with Crippen LogP contribution in [0.4, 0.5) is 5.88 Å². The molecule has 32 heavy (non-hydrogen) atoms. The molecular weight excluding hydrogens is 408 g/mol. The second kappa shape index (κ2) is 8.44. The fourth-order valence-electron chi connectivity index (χ4n) is 3.31. The van der Waals surface area contributed by atoms with E-state index >= 15 is 0 Å². The first kappa shape index (κ1) is 20.9. The molecule has 1 unspecified atom stereocenters. The smallest absolute Gasteiger partial charge is 0.267 e. The average Bonchev–Trinajstić information content (AvgIpc) is 3.08. The minimum Gasteiger partial charge on any atom is -0.473 e. The van der Waals surface area contributed by atoms with Crippen molar-refractivity contribution in [1.82, 2.24) is 0 Å². The number of benzene rings is 2. The van der Waals surface area contributed by atoms with Gasteiger partial charge in [-0.15, -0.1) is 0 Å². The van der Waals surface area contributed by atoms with Crippen molar-refractivity contribution in [3.8, 4) is 23.1 Å². The van der Waals surface area contributed by atoms with Crippen LogP contribution in [0.3, 0.4) is 0 Å². The summed E-state index contributed by atoms with van der Waals surface area (Å²) in [6.07, 6.45) is -1.07. The summed E-state index contributed by atoms with van der Waals surface area (Å²) >= 11 is 0. The maximum Gasteiger partial charge on any atom is 0.267 e. The van der Waals surface area contributed by atoms with Gasteiger partial charge in [0, 0.05) is 11.1 Å². The van der Waals surface area contributed by atoms with Crippen molar-refractivity contribution in [3.05, 3.63) is 81.7 Å². The van der Waals surface area contributed by atoms with E-state index in [4.69, 9.17) is 13.6 Å². The van der Waals surface area contributed by atoms with E-state index in [0.717, 1.165) is 0 Å². The molecule has 0 saturated heterocycles. The highest BCUT2D eigenvalue weighted by molar-refractivity contribution is 5.94. The van der Waals surface area contributed by atoms with Crippen molar-refractivity contribution >= 4 is 22.8 Å². The van der Waals surface area contributed by atoms with Crippen LogP contribution >= 0.6 is 0 Å². The van der Waals surface area contributed by atoms with E-state index in [2.05, 4.69) is 5.32 Å². The van der Waals surface area contributed by atoms with Crippen LogP contribution in [0.15, 0.2) is 68.2 Å². The molecule has 0 aliphatic rings. The molecule has 1 N–H and O–H groups in total. The second-order valence-electron chi connectivity index (χ2n) is 7.30. The van der Waals surface area contributed by atoms with E-state index in [9.17, 15) is 14.9 Å². The summed E-state index contributed by atoms with van der Waals surface area (Å²) in [4.78, 5) is 26.0. The molecule has 4 rings (SSSR count). The number of anilines is 1. The predicted octanol–water partition coefficient (Wildman–Crippen LogP) is 4.95. The molecule has 2 aromatic heterocycles. The van der Waals surface area contributed by atoms with Gasteiger partial charge in [0.1, 0.15) is 23.0 Å². The number of carbonyl (C=O) groups excluding carboxylic acids is 1. The van der Waals surface area contributed by atoms with Gasteiger partial charge in [0.2, 0.25) is 17.1 Å². The van der Waals surface area contributed by atoms with Crippen LogP contribution in [0.2, 0.25) is 0 Å². The van der Waals surface area contributed by atoms with Crippen LogP contribution in [0.1, 0.15) is 23.8 Å². The first-order valence-electron chi connectivity index (χ1n) is 9.99. The Balaban J connectivity index is 1.71. The molecule has 7 heteroatoms. The third-order valence-electron chi connectivity index (χ3n) is 5.19. The Kier molecular flexibility index (Phi) is 5.52. The zero-order valence-corrected chi connectivity index (χ0v) is 17.8. The van der Waals surface area contributed by atoms with Gasteiger partial charge < -0.3 is 13.6 Å². The van der Waals surface area contributed by atoms with Gasteiger partial charge in [-0.1, -0.05) is 42.5 Å². The van der Waals surface area contributed by atoms with Gasteiger partial charge in [-0.3, -0.25) is 14.9 Å². The lowest BCUT2D eigenvalue weighted by molar-refractivity contribution is -0.122. The molecule has 2 heterocycles. The fourth-order valence-corrected chi connectivity index (χ4v) is 3.31. The van der Waals surface area contributed by atoms with Crippen LogP contribution in [0.5, 0.6) is 5.75 Å². The van der Waals surface area contributed by atoms with Crippen molar-refractivity contribution in [1.29, 1.82) is 5.26 Å². The molecule has 0 radical (unpaired) electrons. The summed E-state index contributed by atoms with van der Waals surface area (Å²) in [5.41, 5.74) is 1.58. The van der Waals surface area contributed by atoms with Crippen molar-refractivity contribution in [2.45, 2.75) is 26.9 Å². The SMILES string of the molecule is Cc1oc(NC(=O)C(C)Oc2c(-c3ccccc3)oc3ccccc3c2=O)c(C#N)c1C. The molecule has 0 fully saturated rings. The summed E-state index contributed by atoms with van der Waals surface area (Å²) in [5, 5.41) is 12.3. The Morgan fingerprint density at radius 2 is 1.75 bits per heavy atom. The molecule has 160 valence electrons. The predicted molar refractivity (Wildman–Crippen MR) is 120 cm³/mol. The van der Waals surface area contributed by atoms with Crippen LogP contribution in [0.25, 0.3) is 22.3 Å². The van der Waals surface area contributed by atoms with Crippen molar-refractivity contribution in [2.75, 3.05) is 5.32 Å². The van der Waals surface area contributed by atoms with E-state index in [-0.39, 0.29) is 28.4 Å². The minimum atomic E-state index is -1.07. The summed E-state index contributed by atoms with van der Waals surface area (Å²) in [6, 6.07) is 17.9. The maximum absolute atomic E-state index is 13.2. The molecular formula is C25H20N2O5. The zero-order valence-electron chi connectivity index (χ0n) is 17.8. The van der Waals surface area contributed by atoms with Gasteiger partial charge in [-0.05, 0) is 32.9 Å². The number of fused-ring (bicyclic) bond motifs is 1. The normalized spacial score (nSPS) is 11.7. The molecule has 0 aliphatic heterocycles. The molecule has 1 amide bonds. The van der Waals surface area contributed by atoms with Gasteiger partial charge in [0.05, 0.1) is 5.39 Å². The summed E-state index contributed by atoms with van der Waals surface area (Å²) in [5.74, 6) is 0.187. The van der Waals surface area contributed by atoms with Crippen LogP contribution in [0, 0.1) is 25.2 Å². The van der Waals surface area contributed by atoms with Crippen LogP contribution in [-0.4, -0.2) is 12.0 Å². The summed E-state index contributed by atoms with van der Waals surface area (Å²) < 4.78 is 17.3. The molecule has 0 saturated carbocycles. The fraction of sp³-hybridized carbons (Fsp3) is 0.160. The van der Waals surface area contributed by atoms with Crippen LogP contribution in [-0.2, 0) is 4.79 Å². The van der Waals surface area contributed by atoms with E-state index < -0.39 is 12.0 Å². The van der Waals surface area contributed by atoms with Crippen LogP contribution < -0.4 is 15.5 Å². The Hall–Kier alpha value is -4.31. The van der Waals surface area contributed by atoms with E-state index in [1.165, 1.54) is 6.92 Å². The van der Waals surface area contributed by atoms with Crippen molar-refractivity contribution in [3.63, 3.8) is 0 Å². The number of para-hydroxylation sites is 1. The van der Waals surface area contributed by atoms with Crippen molar-refractivity contribution in [2.24, 2.45) is 0 Å². The lowest BCUT2D eigenvalue weighted by Gasteiger charge is -2.16. The van der Waals surface area contributed by atoms with Gasteiger partial charge >= 0.3 is 0 Å². The number of furan rings is 1. The average molecular weight is 428 g/mol. The number of amides is 1. The maximum atomic E-state index is 13.2. The number of aryl methyl sites for hydroxylation is 1. The molecule has 0 bridgehead atoms. The zero-order chi connectivity index (χ0) is 22.8. The Morgan fingerprint density at radius 3 is 2.47 bits per heavy atom. The van der Waals surface area contributed by atoms with Gasteiger partial charge in [0.15, 0.2) is 11.9 Å². The highest BCUT2D eigenvalue weighted by Crippen LogP contribution is 2.31. The molecule has 7 nitrogen and oxygen atoms in total. The quantitative estimate of drug-likeness (QED) is 0.482. The third kappa shape index (κ3) is 3.74. The Labute approximate surface area is 183 Å². The molecule has 2 aromatic carbocycles. The number of nitrogens with one attached hydrogen (secondary N) is 1. The highest BCUT2D eigenvalue weighted by Gasteiger charge is 2.25. The monoisotopic (exact) mass is 428 g/mol. The largest absolute Gasteiger partial charge is 0.473 e. The lowest BCUT2D eigenvalue weighted by atomic mass is 10.1. The minimum absolute atomic E-state index is 0.0526. The first-order valence-corrected chi connectivity index (χ1v) is 9.99. The Morgan fingerprint density at radius 1 is 1.06 bits per heavy atom. The molecule has 0 aliphatic carbocycles. The summed E-state index contributed by atoms with van der Waals surface area (Å²) in [6.45, 7) is 4.95. The second-order valence-corrected chi connectivity index (χ2v) is 7.30. The van der Waals surface area contributed by atoms with E-state index in [1.807, 2.05) is 24.3 Å². The number of carbonyl (C=O) groups is 1. The van der Waals surface area contributed by atoms with Gasteiger partial charge in [0.25, 0.3) is 5.91 Å². The van der Waals surface area contributed by atoms with Crippen molar-refractivity contribution < 1.29 is 18.4 Å². The van der Waals surface area contributed by atoms with E-state index in [1.54, 1.807) is 50.2 Å². The number of ether oxygens (including phenoxy) is 1. The van der Waals surface area contributed by atoms with E-state index in [0.29, 0.717) is 27.9 Å². The summed E-state index contributed by atoms with van der Waals surface area (Å²) in [7, 11) is 0. The molecule has 0 spiro atoms. The molecule has 4 aromatic rings. The lowest BCUT2D eigenvalue weighted by Crippen LogP contribution is -2.32.